The lowest BCUT2D eigenvalue weighted by atomic mass is 10.2. The van der Waals surface area contributed by atoms with Crippen molar-refractivity contribution < 1.29 is 14.3 Å². The molecular formula is C17H17ClN4O3S. The van der Waals surface area contributed by atoms with E-state index >= 15 is 0 Å². The molecular weight excluding hydrogens is 376 g/mol. The van der Waals surface area contributed by atoms with E-state index in [1.54, 1.807) is 0 Å². The van der Waals surface area contributed by atoms with Gasteiger partial charge in [-0.3, -0.25) is 10.1 Å². The molecule has 0 radical (unpaired) electrons. The van der Waals surface area contributed by atoms with Gasteiger partial charge in [-0.1, -0.05) is 11.6 Å². The zero-order chi connectivity index (χ0) is 18.5. The minimum absolute atomic E-state index is 0.207. The molecule has 3 rings (SSSR count). The molecule has 9 heteroatoms. The zero-order valence-corrected chi connectivity index (χ0v) is 15.6. The lowest BCUT2D eigenvalue weighted by molar-refractivity contribution is -0.135. The predicted molar refractivity (Wildman–Crippen MR) is 104 cm³/mol. The van der Waals surface area contributed by atoms with Crippen LogP contribution in [-0.4, -0.2) is 43.5 Å². The van der Waals surface area contributed by atoms with Crippen molar-refractivity contribution in [3.05, 3.63) is 39.8 Å². The van der Waals surface area contributed by atoms with Crippen molar-refractivity contribution in [1.29, 1.82) is 0 Å². The second-order valence-corrected chi connectivity index (χ2v) is 7.08. The summed E-state index contributed by atoms with van der Waals surface area (Å²) in [5.41, 5.74) is 1.84. The first-order valence-corrected chi connectivity index (χ1v) is 9.20. The van der Waals surface area contributed by atoms with Crippen molar-refractivity contribution >= 4 is 52.3 Å². The molecule has 2 fully saturated rings. The fraction of sp³-hybridized carbons (Fsp3) is 0.294. The van der Waals surface area contributed by atoms with E-state index < -0.39 is 11.9 Å². The molecule has 0 aliphatic carbocycles. The predicted octanol–water partition coefficient (Wildman–Crippen LogP) is 2.55. The summed E-state index contributed by atoms with van der Waals surface area (Å²) in [6.45, 7) is 2.10. The first kappa shape index (κ1) is 18.5. The van der Waals surface area contributed by atoms with Crippen molar-refractivity contribution in [2.75, 3.05) is 25.1 Å². The number of carbonyl (C=O) groups excluding carboxylic acids is 2. The van der Waals surface area contributed by atoms with Gasteiger partial charge in [0.05, 0.1) is 23.3 Å². The van der Waals surface area contributed by atoms with Crippen molar-refractivity contribution in [2.45, 2.75) is 12.8 Å². The summed E-state index contributed by atoms with van der Waals surface area (Å²) in [6, 6.07) is 5.82. The fourth-order valence-electron chi connectivity index (χ4n) is 2.58. The van der Waals surface area contributed by atoms with Crippen LogP contribution in [-0.2, 0) is 14.3 Å². The van der Waals surface area contributed by atoms with Crippen LogP contribution in [0.15, 0.2) is 39.4 Å². The number of benzene rings is 1. The second-order valence-electron chi connectivity index (χ2n) is 5.64. The van der Waals surface area contributed by atoms with Gasteiger partial charge in [0.1, 0.15) is 0 Å². The maximum Gasteiger partial charge on any atom is 0.331 e. The van der Waals surface area contributed by atoms with Crippen LogP contribution in [0.4, 0.5) is 5.69 Å². The van der Waals surface area contributed by atoms with Gasteiger partial charge in [-0.2, -0.15) is 5.10 Å². The third-order valence-corrected chi connectivity index (χ3v) is 5.13. The fourth-order valence-corrected chi connectivity index (χ4v) is 3.54. The number of halogens is 1. The molecule has 1 N–H and O–H groups in total. The summed E-state index contributed by atoms with van der Waals surface area (Å²) in [5, 5.41) is 11.3. The Morgan fingerprint density at radius 1 is 1.38 bits per heavy atom. The molecule has 2 saturated heterocycles. The van der Waals surface area contributed by atoms with Crippen molar-refractivity contribution in [3.63, 3.8) is 0 Å². The van der Waals surface area contributed by atoms with Gasteiger partial charge in [0.25, 0.3) is 5.91 Å². The number of hydrogen-bond donors (Lipinski definition) is 1. The molecule has 1 aromatic rings. The number of nitrogens with zero attached hydrogens (tertiary/aromatic N) is 3. The minimum Gasteiger partial charge on any atom is -0.466 e. The van der Waals surface area contributed by atoms with E-state index in [-0.39, 0.29) is 10.1 Å². The first-order valence-electron chi connectivity index (χ1n) is 8.01. The largest absolute Gasteiger partial charge is 0.466 e. The van der Waals surface area contributed by atoms with Gasteiger partial charge in [0.2, 0.25) is 0 Å². The van der Waals surface area contributed by atoms with Crippen LogP contribution < -0.4 is 10.2 Å². The summed E-state index contributed by atoms with van der Waals surface area (Å²) in [7, 11) is 1.24. The van der Waals surface area contributed by atoms with E-state index in [2.05, 4.69) is 25.2 Å². The van der Waals surface area contributed by atoms with Crippen LogP contribution in [0.25, 0.3) is 0 Å². The molecule has 0 saturated carbocycles. The van der Waals surface area contributed by atoms with Gasteiger partial charge >= 0.3 is 5.97 Å². The summed E-state index contributed by atoms with van der Waals surface area (Å²) in [5.74, 6) is -1.01. The molecule has 1 amide bonds. The van der Waals surface area contributed by atoms with Crippen molar-refractivity contribution in [3.8, 4) is 0 Å². The van der Waals surface area contributed by atoms with Crippen LogP contribution in [0.3, 0.4) is 0 Å². The number of hydrogen-bond acceptors (Lipinski definition) is 7. The quantitative estimate of drug-likeness (QED) is 0.368. The van der Waals surface area contributed by atoms with Crippen LogP contribution in [0.1, 0.15) is 18.4 Å². The highest BCUT2D eigenvalue weighted by Crippen LogP contribution is 2.26. The van der Waals surface area contributed by atoms with E-state index in [1.165, 1.54) is 26.2 Å². The zero-order valence-electron chi connectivity index (χ0n) is 14.1. The third kappa shape index (κ3) is 4.44. The Morgan fingerprint density at radius 2 is 2.15 bits per heavy atom. The van der Waals surface area contributed by atoms with E-state index in [9.17, 15) is 9.59 Å². The van der Waals surface area contributed by atoms with Crippen LogP contribution in [0.5, 0.6) is 0 Å². The van der Waals surface area contributed by atoms with E-state index in [1.807, 2.05) is 18.2 Å². The number of thioether (sulfide) groups is 1. The molecule has 0 aromatic heterocycles. The number of nitrogens with one attached hydrogen (secondary N) is 1. The third-order valence-electron chi connectivity index (χ3n) is 3.90. The van der Waals surface area contributed by atoms with Crippen LogP contribution in [0.2, 0.25) is 5.02 Å². The number of rotatable bonds is 4. The molecule has 0 bridgehead atoms. The Bertz CT molecular complexity index is 816. The SMILES string of the molecule is COC(=O)/C=C1/S/C(=N\N=Cc2ccc(N3CCCC3)cc2Cl)NC1=O. The second kappa shape index (κ2) is 8.37. The Labute approximate surface area is 160 Å². The Balaban J connectivity index is 1.67. The summed E-state index contributed by atoms with van der Waals surface area (Å²) < 4.78 is 4.50. The highest BCUT2D eigenvalue weighted by atomic mass is 35.5. The van der Waals surface area contributed by atoms with Gasteiger partial charge < -0.3 is 9.64 Å². The number of amides is 1. The maximum atomic E-state index is 11.7. The summed E-state index contributed by atoms with van der Waals surface area (Å²) >= 11 is 7.34. The average molecular weight is 393 g/mol. The molecule has 136 valence electrons. The van der Waals surface area contributed by atoms with Crippen LogP contribution in [0, 0.1) is 0 Å². The van der Waals surface area contributed by atoms with Gasteiger partial charge in [-0.15, -0.1) is 5.10 Å². The molecule has 2 aliphatic heterocycles. The number of ether oxygens (including phenoxy) is 1. The molecule has 26 heavy (non-hydrogen) atoms. The first-order chi connectivity index (χ1) is 12.6. The van der Waals surface area contributed by atoms with Gasteiger partial charge in [0, 0.05) is 30.4 Å². The monoisotopic (exact) mass is 392 g/mol. The van der Waals surface area contributed by atoms with E-state index in [4.69, 9.17) is 11.6 Å². The Morgan fingerprint density at radius 3 is 2.85 bits per heavy atom. The number of esters is 1. The minimum atomic E-state index is -0.600. The average Bonchev–Trinajstić information content (AvgIpc) is 3.27. The molecule has 0 spiro atoms. The van der Waals surface area contributed by atoms with E-state index in [0.29, 0.717) is 5.02 Å². The van der Waals surface area contributed by atoms with Gasteiger partial charge in [-0.25, -0.2) is 4.79 Å². The van der Waals surface area contributed by atoms with Gasteiger partial charge in [-0.05, 0) is 42.8 Å². The highest BCUT2D eigenvalue weighted by molar-refractivity contribution is 8.18. The molecule has 0 atom stereocenters. The van der Waals surface area contributed by atoms with Crippen molar-refractivity contribution in [1.82, 2.24) is 5.32 Å². The van der Waals surface area contributed by atoms with E-state index in [0.717, 1.165) is 42.2 Å². The number of amidine groups is 1. The molecule has 7 nitrogen and oxygen atoms in total. The normalized spacial score (nSPS) is 20.4. The Kier molecular flexibility index (Phi) is 5.95. The molecule has 2 aliphatic rings. The Hall–Kier alpha value is -2.32. The topological polar surface area (TPSA) is 83.4 Å². The highest BCUT2D eigenvalue weighted by Gasteiger charge is 2.25. The van der Waals surface area contributed by atoms with Crippen LogP contribution >= 0.6 is 23.4 Å². The van der Waals surface area contributed by atoms with Gasteiger partial charge in [0.15, 0.2) is 5.17 Å². The summed E-state index contributed by atoms with van der Waals surface area (Å²) in [4.78, 5) is 25.4. The lowest BCUT2D eigenvalue weighted by Crippen LogP contribution is -2.19. The lowest BCUT2D eigenvalue weighted by Gasteiger charge is -2.18. The standard InChI is InChI=1S/C17H17ClN4O3S/c1-25-15(23)9-14-16(24)20-17(26-14)21-19-10-11-4-5-12(8-13(11)18)22-6-2-3-7-22/h4-5,8-10H,2-3,6-7H2,1H3,(H,20,21,24)/b14-9+,19-10?. The molecule has 1 aromatic carbocycles. The molecule has 2 heterocycles. The number of anilines is 1. The maximum absolute atomic E-state index is 11.7. The van der Waals surface area contributed by atoms with Crippen molar-refractivity contribution in [2.24, 2.45) is 10.2 Å². The number of methoxy groups -OCH3 is 1. The molecule has 0 unspecified atom stereocenters. The smallest absolute Gasteiger partial charge is 0.331 e. The summed E-state index contributed by atoms with van der Waals surface area (Å²) in [6.07, 6.45) is 5.04. The number of carbonyl (C=O) groups is 2.